The van der Waals surface area contributed by atoms with Gasteiger partial charge in [-0.2, -0.15) is 0 Å². The van der Waals surface area contributed by atoms with E-state index in [2.05, 4.69) is 12.2 Å². The molecule has 0 spiro atoms. The number of hydrogen-bond donors (Lipinski definition) is 1. The highest BCUT2D eigenvalue weighted by Gasteiger charge is 2.15. The van der Waals surface area contributed by atoms with Gasteiger partial charge in [0.2, 0.25) is 0 Å². The van der Waals surface area contributed by atoms with Gasteiger partial charge in [-0.15, -0.1) is 0 Å². The number of aldehydes is 1. The third kappa shape index (κ3) is 4.73. The van der Waals surface area contributed by atoms with Gasteiger partial charge in [0, 0.05) is 6.54 Å². The Morgan fingerprint density at radius 2 is 2.21 bits per heavy atom. The molecule has 0 heterocycles. The van der Waals surface area contributed by atoms with Gasteiger partial charge in [-0.3, -0.25) is 9.59 Å². The molecule has 0 bridgehead atoms. The summed E-state index contributed by atoms with van der Waals surface area (Å²) in [5.41, 5.74) is 1.45. The van der Waals surface area contributed by atoms with Crippen molar-refractivity contribution in [2.24, 2.45) is 0 Å². The molecule has 0 fully saturated rings. The van der Waals surface area contributed by atoms with Crippen molar-refractivity contribution in [3.63, 3.8) is 0 Å². The molecule has 4 heteroatoms. The Balaban J connectivity index is 2.63. The molecule has 0 radical (unpaired) electrons. The highest BCUT2D eigenvalue weighted by atomic mass is 16.5. The molecule has 0 aliphatic heterocycles. The number of ether oxygens (including phenoxy) is 1. The standard InChI is InChI=1S/C15H21NO3/c1-4-5-8-16-15(18)12(3)19-14-7-6-11(2)9-13(14)10-17/h6-7,9-10,12H,4-5,8H2,1-3H3,(H,16,18). The third-order valence-corrected chi connectivity index (χ3v) is 2.79. The van der Waals surface area contributed by atoms with Crippen LogP contribution in [0.2, 0.25) is 0 Å². The minimum Gasteiger partial charge on any atom is -0.480 e. The molecule has 0 aliphatic rings. The topological polar surface area (TPSA) is 55.4 Å². The summed E-state index contributed by atoms with van der Waals surface area (Å²) in [6.45, 7) is 6.29. The lowest BCUT2D eigenvalue weighted by atomic mass is 10.1. The molecule has 1 unspecified atom stereocenters. The quantitative estimate of drug-likeness (QED) is 0.607. The number of unbranched alkanes of at least 4 members (excludes halogenated alkanes) is 1. The Bertz CT molecular complexity index is 443. The monoisotopic (exact) mass is 263 g/mol. The van der Waals surface area contributed by atoms with E-state index < -0.39 is 6.10 Å². The summed E-state index contributed by atoms with van der Waals surface area (Å²) in [6.07, 6.45) is 2.10. The second-order valence-corrected chi connectivity index (χ2v) is 4.56. The van der Waals surface area contributed by atoms with Gasteiger partial charge in [0.25, 0.3) is 5.91 Å². The first kappa shape index (κ1) is 15.2. The fraction of sp³-hybridized carbons (Fsp3) is 0.467. The number of amides is 1. The molecule has 1 N–H and O–H groups in total. The van der Waals surface area contributed by atoms with Crippen LogP contribution in [0.15, 0.2) is 18.2 Å². The summed E-state index contributed by atoms with van der Waals surface area (Å²) in [6, 6.07) is 5.31. The van der Waals surface area contributed by atoms with Crippen molar-refractivity contribution in [3.05, 3.63) is 29.3 Å². The summed E-state index contributed by atoms with van der Waals surface area (Å²) in [7, 11) is 0. The number of benzene rings is 1. The number of hydrogen-bond acceptors (Lipinski definition) is 3. The Kier molecular flexibility index (Phi) is 6.06. The minimum absolute atomic E-state index is 0.161. The van der Waals surface area contributed by atoms with Crippen LogP contribution in [0.1, 0.15) is 42.6 Å². The lowest BCUT2D eigenvalue weighted by Crippen LogP contribution is -2.36. The largest absolute Gasteiger partial charge is 0.480 e. The average molecular weight is 263 g/mol. The van der Waals surface area contributed by atoms with Crippen molar-refractivity contribution in [3.8, 4) is 5.75 Å². The summed E-state index contributed by atoms with van der Waals surface area (Å²) < 4.78 is 5.54. The van der Waals surface area contributed by atoms with Crippen LogP contribution in [-0.2, 0) is 4.79 Å². The molecule has 1 amide bonds. The fourth-order valence-corrected chi connectivity index (χ4v) is 1.64. The van der Waals surface area contributed by atoms with E-state index in [4.69, 9.17) is 4.74 Å². The molecule has 0 aromatic heterocycles. The van der Waals surface area contributed by atoms with E-state index in [-0.39, 0.29) is 5.91 Å². The molecule has 0 saturated heterocycles. The smallest absolute Gasteiger partial charge is 0.260 e. The number of aryl methyl sites for hydroxylation is 1. The molecule has 1 aromatic rings. The SMILES string of the molecule is CCCCNC(=O)C(C)Oc1ccc(C)cc1C=O. The number of nitrogens with one attached hydrogen (secondary N) is 1. The fourth-order valence-electron chi connectivity index (χ4n) is 1.64. The minimum atomic E-state index is -0.613. The number of rotatable bonds is 7. The van der Waals surface area contributed by atoms with Crippen molar-refractivity contribution in [2.45, 2.75) is 39.7 Å². The van der Waals surface area contributed by atoms with Crippen LogP contribution in [-0.4, -0.2) is 24.8 Å². The summed E-state index contributed by atoms with van der Waals surface area (Å²) in [5.74, 6) is 0.282. The Morgan fingerprint density at radius 1 is 1.47 bits per heavy atom. The molecule has 0 aliphatic carbocycles. The Labute approximate surface area is 114 Å². The average Bonchev–Trinajstić information content (AvgIpc) is 2.40. The first-order valence-corrected chi connectivity index (χ1v) is 6.58. The van der Waals surface area contributed by atoms with Gasteiger partial charge in [-0.05, 0) is 32.4 Å². The lowest BCUT2D eigenvalue weighted by molar-refractivity contribution is -0.127. The maximum absolute atomic E-state index is 11.8. The van der Waals surface area contributed by atoms with Gasteiger partial charge in [0.15, 0.2) is 12.4 Å². The van der Waals surface area contributed by atoms with Gasteiger partial charge in [-0.1, -0.05) is 25.0 Å². The van der Waals surface area contributed by atoms with Gasteiger partial charge in [0.1, 0.15) is 5.75 Å². The maximum atomic E-state index is 11.8. The Hall–Kier alpha value is -1.84. The molecule has 0 saturated carbocycles. The van der Waals surface area contributed by atoms with E-state index in [9.17, 15) is 9.59 Å². The van der Waals surface area contributed by atoms with E-state index in [1.807, 2.05) is 13.0 Å². The van der Waals surface area contributed by atoms with Gasteiger partial charge >= 0.3 is 0 Å². The van der Waals surface area contributed by atoms with Crippen molar-refractivity contribution >= 4 is 12.2 Å². The molecule has 4 nitrogen and oxygen atoms in total. The summed E-state index contributed by atoms with van der Waals surface area (Å²) in [4.78, 5) is 22.7. The normalized spacial score (nSPS) is 11.7. The number of carbonyl (C=O) groups is 2. The Morgan fingerprint density at radius 3 is 2.84 bits per heavy atom. The number of carbonyl (C=O) groups excluding carboxylic acids is 2. The zero-order valence-electron chi connectivity index (χ0n) is 11.7. The van der Waals surface area contributed by atoms with Crippen LogP contribution in [0.25, 0.3) is 0 Å². The zero-order chi connectivity index (χ0) is 14.3. The third-order valence-electron chi connectivity index (χ3n) is 2.79. The first-order chi connectivity index (χ1) is 9.08. The van der Waals surface area contributed by atoms with Crippen molar-refractivity contribution < 1.29 is 14.3 Å². The predicted molar refractivity (Wildman–Crippen MR) is 74.6 cm³/mol. The maximum Gasteiger partial charge on any atom is 0.260 e. The highest BCUT2D eigenvalue weighted by molar-refractivity contribution is 5.82. The summed E-state index contributed by atoms with van der Waals surface area (Å²) in [5, 5.41) is 2.80. The van der Waals surface area contributed by atoms with Gasteiger partial charge in [0.05, 0.1) is 5.56 Å². The lowest BCUT2D eigenvalue weighted by Gasteiger charge is -2.16. The van der Waals surface area contributed by atoms with Crippen LogP contribution in [0.4, 0.5) is 0 Å². The van der Waals surface area contributed by atoms with Gasteiger partial charge < -0.3 is 10.1 Å². The predicted octanol–water partition coefficient (Wildman–Crippen LogP) is 2.49. The highest BCUT2D eigenvalue weighted by Crippen LogP contribution is 2.19. The van der Waals surface area contributed by atoms with Crippen LogP contribution in [0.3, 0.4) is 0 Å². The molecule has 19 heavy (non-hydrogen) atoms. The first-order valence-electron chi connectivity index (χ1n) is 6.58. The van der Waals surface area contributed by atoms with Crippen LogP contribution in [0, 0.1) is 6.92 Å². The summed E-state index contributed by atoms with van der Waals surface area (Å²) >= 11 is 0. The zero-order valence-corrected chi connectivity index (χ0v) is 11.7. The van der Waals surface area contributed by atoms with Crippen molar-refractivity contribution in [2.75, 3.05) is 6.54 Å². The van der Waals surface area contributed by atoms with Crippen molar-refractivity contribution in [1.29, 1.82) is 0 Å². The molecular formula is C15H21NO3. The second kappa shape index (κ2) is 7.56. The van der Waals surface area contributed by atoms with Crippen molar-refractivity contribution in [1.82, 2.24) is 5.32 Å². The van der Waals surface area contributed by atoms with E-state index in [1.165, 1.54) is 0 Å². The van der Waals surface area contributed by atoms with Crippen LogP contribution >= 0.6 is 0 Å². The van der Waals surface area contributed by atoms with Crippen LogP contribution in [0.5, 0.6) is 5.75 Å². The van der Waals surface area contributed by atoms with Gasteiger partial charge in [-0.25, -0.2) is 0 Å². The molecule has 1 rings (SSSR count). The molecule has 1 aromatic carbocycles. The molecule has 104 valence electrons. The van der Waals surface area contributed by atoms with E-state index in [0.29, 0.717) is 17.9 Å². The molecular weight excluding hydrogens is 242 g/mol. The van der Waals surface area contributed by atoms with E-state index in [1.54, 1.807) is 19.1 Å². The van der Waals surface area contributed by atoms with E-state index >= 15 is 0 Å². The molecule has 1 atom stereocenters. The second-order valence-electron chi connectivity index (χ2n) is 4.56. The van der Waals surface area contributed by atoms with Crippen LogP contribution < -0.4 is 10.1 Å². The van der Waals surface area contributed by atoms with E-state index in [0.717, 1.165) is 24.7 Å².